The van der Waals surface area contributed by atoms with Crippen LogP contribution >= 0.6 is 0 Å². The molecule has 8 nitrogen and oxygen atoms in total. The number of carboxylic acid groups (broad SMARTS) is 1. The topological polar surface area (TPSA) is 118 Å². The smallest absolute Gasteiger partial charge is 0.422 e. The molecule has 2 amide bonds. The Hall–Kier alpha value is -4.41. The summed E-state index contributed by atoms with van der Waals surface area (Å²) in [4.78, 5) is 40.3. The quantitative estimate of drug-likeness (QED) is 0.313. The van der Waals surface area contributed by atoms with E-state index in [2.05, 4.69) is 15.0 Å². The van der Waals surface area contributed by atoms with Gasteiger partial charge in [-0.25, -0.2) is 4.79 Å². The summed E-state index contributed by atoms with van der Waals surface area (Å²) in [6.07, 6.45) is -5.03. The second-order valence-corrected chi connectivity index (χ2v) is 6.99. The molecule has 0 aliphatic carbocycles. The van der Waals surface area contributed by atoms with E-state index in [1.165, 1.54) is 6.07 Å². The average molecular weight is 473 g/mol. The zero-order valence-electron chi connectivity index (χ0n) is 17.4. The molecule has 0 aliphatic heterocycles. The summed E-state index contributed by atoms with van der Waals surface area (Å²) in [6, 6.07) is 15.2. The van der Waals surface area contributed by atoms with Crippen molar-refractivity contribution in [1.29, 1.82) is 0 Å². The summed E-state index contributed by atoms with van der Waals surface area (Å²) in [6.45, 7) is -1.57. The van der Waals surface area contributed by atoms with Crippen molar-refractivity contribution in [2.75, 3.05) is 17.2 Å². The highest BCUT2D eigenvalue weighted by Gasteiger charge is 2.28. The number of alkyl halides is 3. The summed E-state index contributed by atoms with van der Waals surface area (Å²) in [7, 11) is 0. The van der Waals surface area contributed by atoms with Gasteiger partial charge in [-0.15, -0.1) is 0 Å². The minimum absolute atomic E-state index is 0.0539. The van der Waals surface area contributed by atoms with E-state index in [0.717, 1.165) is 12.1 Å². The summed E-state index contributed by atoms with van der Waals surface area (Å²) >= 11 is 0. The van der Waals surface area contributed by atoms with E-state index in [9.17, 15) is 27.6 Å². The Morgan fingerprint density at radius 1 is 0.941 bits per heavy atom. The van der Waals surface area contributed by atoms with Gasteiger partial charge in [-0.05, 0) is 30.3 Å². The number of hydrogen-bond acceptors (Lipinski definition) is 5. The first-order valence-corrected chi connectivity index (χ1v) is 9.79. The van der Waals surface area contributed by atoms with Gasteiger partial charge in [-0.1, -0.05) is 24.3 Å². The fourth-order valence-corrected chi connectivity index (χ4v) is 2.93. The van der Waals surface area contributed by atoms with Crippen LogP contribution in [-0.4, -0.2) is 40.7 Å². The molecular formula is C23H18F3N3O5. The number of ketones is 1. The number of rotatable bonds is 8. The molecule has 0 atom stereocenters. The van der Waals surface area contributed by atoms with Crippen molar-refractivity contribution in [2.45, 2.75) is 12.6 Å². The fourth-order valence-electron chi connectivity index (χ4n) is 2.93. The number of anilines is 2. The van der Waals surface area contributed by atoms with Crippen LogP contribution in [0.2, 0.25) is 0 Å². The monoisotopic (exact) mass is 473 g/mol. The minimum atomic E-state index is -4.58. The van der Waals surface area contributed by atoms with Gasteiger partial charge in [0.05, 0.1) is 23.5 Å². The number of halogens is 3. The summed E-state index contributed by atoms with van der Waals surface area (Å²) < 4.78 is 41.7. The average Bonchev–Trinajstić information content (AvgIpc) is 2.79. The third kappa shape index (κ3) is 7.05. The number of benzene rings is 2. The molecule has 0 saturated carbocycles. The van der Waals surface area contributed by atoms with Gasteiger partial charge in [0.2, 0.25) is 5.91 Å². The van der Waals surface area contributed by atoms with Gasteiger partial charge in [0.25, 0.3) is 0 Å². The molecule has 0 fully saturated rings. The highest BCUT2D eigenvalue weighted by molar-refractivity contribution is 6.12. The van der Waals surface area contributed by atoms with Crippen molar-refractivity contribution < 1.29 is 37.4 Å². The van der Waals surface area contributed by atoms with Crippen LogP contribution in [0, 0.1) is 0 Å². The standard InChI is InChI=1S/C23H18F3N3O5/c24-23(25,26)13-34-16-7-8-18(19(11-16)29-22(32)33)28-21(31)12-20(30)15-5-3-4-14(10-15)17-6-1-2-9-27-17/h1-11,29H,12-13H2,(H,28,31)(H,32,33). The molecule has 3 N–H and O–H groups in total. The molecule has 0 radical (unpaired) electrons. The molecule has 0 unspecified atom stereocenters. The molecule has 2 aromatic carbocycles. The van der Waals surface area contributed by atoms with Crippen molar-refractivity contribution in [1.82, 2.24) is 4.98 Å². The molecule has 1 aromatic heterocycles. The SMILES string of the molecule is O=C(O)Nc1cc(OCC(F)(F)F)ccc1NC(=O)CC(=O)c1cccc(-c2ccccn2)c1. The first-order valence-electron chi connectivity index (χ1n) is 9.79. The van der Waals surface area contributed by atoms with Gasteiger partial charge in [-0.2, -0.15) is 13.2 Å². The predicted octanol–water partition coefficient (Wildman–Crippen LogP) is 4.99. The van der Waals surface area contributed by atoms with Crippen molar-refractivity contribution in [3.63, 3.8) is 0 Å². The molecule has 3 rings (SSSR count). The highest BCUT2D eigenvalue weighted by Crippen LogP contribution is 2.29. The first kappa shape index (κ1) is 24.2. The van der Waals surface area contributed by atoms with Crippen molar-refractivity contribution in [2.24, 2.45) is 0 Å². The number of nitrogens with one attached hydrogen (secondary N) is 2. The molecule has 176 valence electrons. The molecule has 34 heavy (non-hydrogen) atoms. The van der Waals surface area contributed by atoms with Gasteiger partial charge in [-0.3, -0.25) is 19.9 Å². The second kappa shape index (κ2) is 10.5. The van der Waals surface area contributed by atoms with Crippen LogP contribution in [0.4, 0.5) is 29.3 Å². The Balaban J connectivity index is 1.71. The van der Waals surface area contributed by atoms with Crippen LogP contribution in [0.25, 0.3) is 11.3 Å². The second-order valence-electron chi connectivity index (χ2n) is 6.99. The number of ether oxygens (including phenoxy) is 1. The third-order valence-corrected chi connectivity index (χ3v) is 4.38. The van der Waals surface area contributed by atoms with Crippen LogP contribution in [0.5, 0.6) is 5.75 Å². The first-order chi connectivity index (χ1) is 16.1. The Kier molecular flexibility index (Phi) is 7.46. The minimum Gasteiger partial charge on any atom is -0.484 e. The van der Waals surface area contributed by atoms with Gasteiger partial charge in [0.15, 0.2) is 12.4 Å². The van der Waals surface area contributed by atoms with Gasteiger partial charge in [0.1, 0.15) is 5.75 Å². The number of hydrogen-bond donors (Lipinski definition) is 3. The lowest BCUT2D eigenvalue weighted by molar-refractivity contribution is -0.153. The van der Waals surface area contributed by atoms with Crippen molar-refractivity contribution in [3.8, 4) is 17.0 Å². The van der Waals surface area contributed by atoms with E-state index < -0.39 is 37.0 Å². The maximum atomic E-state index is 12.6. The number of carbonyl (C=O) groups excluding carboxylic acids is 2. The highest BCUT2D eigenvalue weighted by atomic mass is 19.4. The normalized spacial score (nSPS) is 10.9. The number of pyridine rings is 1. The number of aromatic nitrogens is 1. The number of Topliss-reactive ketones (excluding diaryl/α,β-unsaturated/α-hetero) is 1. The number of carbonyl (C=O) groups is 3. The van der Waals surface area contributed by atoms with Crippen LogP contribution in [0.3, 0.4) is 0 Å². The van der Waals surface area contributed by atoms with Crippen LogP contribution in [0.1, 0.15) is 16.8 Å². The van der Waals surface area contributed by atoms with E-state index in [4.69, 9.17) is 5.11 Å². The Morgan fingerprint density at radius 3 is 2.41 bits per heavy atom. The van der Waals surface area contributed by atoms with E-state index in [1.54, 1.807) is 48.7 Å². The summed E-state index contributed by atoms with van der Waals surface area (Å²) in [5.41, 5.74) is 1.35. The van der Waals surface area contributed by atoms with E-state index >= 15 is 0 Å². The van der Waals surface area contributed by atoms with Gasteiger partial charge < -0.3 is 15.2 Å². The molecule has 0 aliphatic rings. The van der Waals surface area contributed by atoms with Crippen LogP contribution in [0.15, 0.2) is 66.9 Å². The molecule has 0 spiro atoms. The van der Waals surface area contributed by atoms with Gasteiger partial charge >= 0.3 is 12.3 Å². The molecule has 0 saturated heterocycles. The van der Waals surface area contributed by atoms with Crippen LogP contribution < -0.4 is 15.4 Å². The summed E-state index contributed by atoms with van der Waals surface area (Å²) in [5.74, 6) is -1.50. The molecule has 11 heteroatoms. The number of amides is 2. The lowest BCUT2D eigenvalue weighted by atomic mass is 10.0. The Bertz CT molecular complexity index is 1200. The van der Waals surface area contributed by atoms with Crippen molar-refractivity contribution >= 4 is 29.2 Å². The fraction of sp³-hybridized carbons (Fsp3) is 0.130. The largest absolute Gasteiger partial charge is 0.484 e. The Labute approximate surface area is 191 Å². The summed E-state index contributed by atoms with van der Waals surface area (Å²) in [5, 5.41) is 13.3. The lowest BCUT2D eigenvalue weighted by Crippen LogP contribution is -2.20. The number of nitrogens with zero attached hydrogens (tertiary/aromatic N) is 1. The maximum absolute atomic E-state index is 12.6. The molecule has 1 heterocycles. The zero-order valence-corrected chi connectivity index (χ0v) is 17.4. The van der Waals surface area contributed by atoms with E-state index in [1.807, 2.05) is 5.32 Å². The van der Waals surface area contributed by atoms with Crippen molar-refractivity contribution in [3.05, 3.63) is 72.4 Å². The zero-order chi connectivity index (χ0) is 24.7. The van der Waals surface area contributed by atoms with Gasteiger partial charge in [0, 0.05) is 23.4 Å². The third-order valence-electron chi connectivity index (χ3n) is 4.38. The predicted molar refractivity (Wildman–Crippen MR) is 117 cm³/mol. The molecule has 0 bridgehead atoms. The van der Waals surface area contributed by atoms with Crippen LogP contribution in [-0.2, 0) is 4.79 Å². The maximum Gasteiger partial charge on any atom is 0.422 e. The van der Waals surface area contributed by atoms with E-state index in [0.29, 0.717) is 11.3 Å². The Morgan fingerprint density at radius 2 is 1.74 bits per heavy atom. The van der Waals surface area contributed by atoms with E-state index in [-0.39, 0.29) is 22.7 Å². The lowest BCUT2D eigenvalue weighted by Gasteiger charge is -2.14. The molecular weight excluding hydrogens is 455 g/mol. The molecule has 3 aromatic rings.